The van der Waals surface area contributed by atoms with Gasteiger partial charge < -0.3 is 10.5 Å². The summed E-state index contributed by atoms with van der Waals surface area (Å²) in [5.74, 6) is -0.148. The molecule has 0 aliphatic heterocycles. The van der Waals surface area contributed by atoms with E-state index in [1.165, 1.54) is 83.5 Å². The minimum absolute atomic E-state index is 0.148. The first-order valence-electron chi connectivity index (χ1n) is 11.9. The van der Waals surface area contributed by atoms with Crippen LogP contribution in [0.15, 0.2) is 0 Å². The number of carbonyl (C=O) groups excluding carboxylic acids is 1. The quantitative estimate of drug-likeness (QED) is 0.140. The van der Waals surface area contributed by atoms with E-state index >= 15 is 0 Å². The molecular weight excluding hydrogens is 336 g/mol. The second-order valence-electron chi connectivity index (χ2n) is 8.01. The topological polar surface area (TPSA) is 78.3 Å². The lowest BCUT2D eigenvalue weighted by molar-refractivity contribution is -0.149. The van der Waals surface area contributed by atoms with Gasteiger partial charge in [-0.3, -0.25) is 10.5 Å². The fraction of sp³-hybridized carbons (Fsp3) is 0.957. The van der Waals surface area contributed by atoms with E-state index in [9.17, 15) is 4.79 Å². The maximum atomic E-state index is 11.7. The van der Waals surface area contributed by atoms with E-state index in [4.69, 9.17) is 16.2 Å². The number of hydrogen-bond acceptors (Lipinski definition) is 4. The third-order valence-corrected chi connectivity index (χ3v) is 5.21. The van der Waals surface area contributed by atoms with Crippen molar-refractivity contribution in [3.63, 3.8) is 0 Å². The summed E-state index contributed by atoms with van der Waals surface area (Å²) in [5.41, 5.74) is 11.2. The van der Waals surface area contributed by atoms with Crippen LogP contribution < -0.4 is 11.5 Å². The van der Waals surface area contributed by atoms with Gasteiger partial charge in [-0.05, 0) is 32.2 Å². The molecule has 0 amide bonds. The molecule has 0 aromatic carbocycles. The summed E-state index contributed by atoms with van der Waals surface area (Å²) in [5, 5.41) is 0. The Labute approximate surface area is 169 Å². The zero-order chi connectivity index (χ0) is 20.0. The van der Waals surface area contributed by atoms with Crippen molar-refractivity contribution < 1.29 is 9.53 Å². The van der Waals surface area contributed by atoms with Gasteiger partial charge in [0.2, 0.25) is 0 Å². The minimum atomic E-state index is -0.458. The van der Waals surface area contributed by atoms with Crippen LogP contribution in [0.4, 0.5) is 0 Å². The monoisotopic (exact) mass is 384 g/mol. The molecular formula is C23H48N2O2. The molecule has 0 saturated heterocycles. The van der Waals surface area contributed by atoms with Gasteiger partial charge in [0.05, 0.1) is 0 Å². The van der Waals surface area contributed by atoms with E-state index in [2.05, 4.69) is 6.92 Å². The fourth-order valence-corrected chi connectivity index (χ4v) is 3.42. The molecule has 4 N–H and O–H groups in total. The first-order chi connectivity index (χ1) is 13.2. The number of nitrogens with two attached hydrogens (primary N) is 2. The third kappa shape index (κ3) is 21.5. The van der Waals surface area contributed by atoms with Crippen molar-refractivity contribution >= 4 is 5.97 Å². The summed E-state index contributed by atoms with van der Waals surface area (Å²) in [6.07, 6.45) is 22.6. The van der Waals surface area contributed by atoms with Gasteiger partial charge in [0, 0.05) is 6.42 Å². The van der Waals surface area contributed by atoms with Crippen molar-refractivity contribution in [2.24, 2.45) is 11.5 Å². The Hall–Kier alpha value is -0.610. The van der Waals surface area contributed by atoms with E-state index in [1.807, 2.05) is 0 Å². The SMILES string of the molecule is CCCCCCCCCCCCCCCCCC(=O)OC(N)CCCCN. The van der Waals surface area contributed by atoms with Crippen molar-refractivity contribution in [2.75, 3.05) is 6.54 Å². The maximum Gasteiger partial charge on any atom is 0.307 e. The number of hydrogen-bond donors (Lipinski definition) is 2. The Morgan fingerprint density at radius 2 is 1.15 bits per heavy atom. The highest BCUT2D eigenvalue weighted by molar-refractivity contribution is 5.69. The van der Waals surface area contributed by atoms with Gasteiger partial charge in [-0.25, -0.2) is 0 Å². The molecule has 0 aromatic rings. The molecule has 0 radical (unpaired) electrons. The lowest BCUT2D eigenvalue weighted by Crippen LogP contribution is -2.27. The van der Waals surface area contributed by atoms with Crippen LogP contribution in [-0.2, 0) is 9.53 Å². The molecule has 0 heterocycles. The van der Waals surface area contributed by atoms with Crippen molar-refractivity contribution in [1.29, 1.82) is 0 Å². The summed E-state index contributed by atoms with van der Waals surface area (Å²) in [6.45, 7) is 2.94. The average molecular weight is 385 g/mol. The minimum Gasteiger partial charge on any atom is -0.447 e. The van der Waals surface area contributed by atoms with Gasteiger partial charge in [-0.15, -0.1) is 0 Å². The molecule has 0 aromatic heterocycles. The second-order valence-corrected chi connectivity index (χ2v) is 8.01. The van der Waals surface area contributed by atoms with Gasteiger partial charge in [-0.2, -0.15) is 0 Å². The van der Waals surface area contributed by atoms with Crippen molar-refractivity contribution in [3.05, 3.63) is 0 Å². The summed E-state index contributed by atoms with van der Waals surface area (Å²) in [6, 6.07) is 0. The predicted octanol–water partition coefficient (Wildman–Crippen LogP) is 6.20. The standard InChI is InChI=1S/C23H48N2O2/c1-2-3-4-5-6-7-8-9-10-11-12-13-14-15-16-20-23(26)27-22(25)19-17-18-21-24/h22H,2-21,24-25H2,1H3. The van der Waals surface area contributed by atoms with Gasteiger partial charge in [0.25, 0.3) is 0 Å². The van der Waals surface area contributed by atoms with E-state index in [0.29, 0.717) is 19.4 Å². The van der Waals surface area contributed by atoms with Crippen molar-refractivity contribution in [1.82, 2.24) is 0 Å². The molecule has 4 nitrogen and oxygen atoms in total. The Bertz CT molecular complexity index is 311. The molecule has 0 saturated carbocycles. The zero-order valence-electron chi connectivity index (χ0n) is 18.2. The van der Waals surface area contributed by atoms with Crippen LogP contribution in [0.5, 0.6) is 0 Å². The molecule has 0 spiro atoms. The molecule has 0 aliphatic rings. The number of esters is 1. The summed E-state index contributed by atoms with van der Waals surface area (Å²) in [7, 11) is 0. The van der Waals surface area contributed by atoms with Crippen LogP contribution in [-0.4, -0.2) is 18.7 Å². The Morgan fingerprint density at radius 1 is 0.704 bits per heavy atom. The predicted molar refractivity (Wildman–Crippen MR) is 117 cm³/mol. The van der Waals surface area contributed by atoms with E-state index in [1.54, 1.807) is 0 Å². The Morgan fingerprint density at radius 3 is 1.59 bits per heavy atom. The largest absolute Gasteiger partial charge is 0.447 e. The summed E-state index contributed by atoms with van der Waals surface area (Å²) >= 11 is 0. The molecule has 0 rings (SSSR count). The third-order valence-electron chi connectivity index (χ3n) is 5.21. The van der Waals surface area contributed by atoms with Crippen LogP contribution in [0.2, 0.25) is 0 Å². The Balaban J connectivity index is 3.20. The molecule has 1 atom stereocenters. The first-order valence-corrected chi connectivity index (χ1v) is 11.9. The van der Waals surface area contributed by atoms with Crippen LogP contribution >= 0.6 is 0 Å². The summed E-state index contributed by atoms with van der Waals surface area (Å²) < 4.78 is 5.21. The van der Waals surface area contributed by atoms with E-state index in [-0.39, 0.29) is 5.97 Å². The van der Waals surface area contributed by atoms with Crippen LogP contribution in [0.25, 0.3) is 0 Å². The molecule has 0 fully saturated rings. The highest BCUT2D eigenvalue weighted by Gasteiger charge is 2.09. The lowest BCUT2D eigenvalue weighted by Gasteiger charge is -2.12. The lowest BCUT2D eigenvalue weighted by atomic mass is 10.0. The first kappa shape index (κ1) is 26.4. The van der Waals surface area contributed by atoms with Crippen molar-refractivity contribution in [2.45, 2.75) is 135 Å². The highest BCUT2D eigenvalue weighted by Crippen LogP contribution is 2.14. The number of rotatable bonds is 21. The Kier molecular flexibility index (Phi) is 21.2. The zero-order valence-corrected chi connectivity index (χ0v) is 18.2. The van der Waals surface area contributed by atoms with E-state index in [0.717, 1.165) is 25.7 Å². The molecule has 162 valence electrons. The number of carbonyl (C=O) groups is 1. The fourth-order valence-electron chi connectivity index (χ4n) is 3.42. The van der Waals surface area contributed by atoms with Crippen LogP contribution in [0.3, 0.4) is 0 Å². The molecule has 0 aliphatic carbocycles. The van der Waals surface area contributed by atoms with Gasteiger partial charge in [-0.1, -0.05) is 96.8 Å². The van der Waals surface area contributed by atoms with Crippen molar-refractivity contribution in [3.8, 4) is 0 Å². The molecule has 0 bridgehead atoms. The smallest absolute Gasteiger partial charge is 0.307 e. The maximum absolute atomic E-state index is 11.7. The van der Waals surface area contributed by atoms with Gasteiger partial charge in [0.15, 0.2) is 6.23 Å². The summed E-state index contributed by atoms with van der Waals surface area (Å²) in [4.78, 5) is 11.7. The van der Waals surface area contributed by atoms with Crippen LogP contribution in [0.1, 0.15) is 129 Å². The highest BCUT2D eigenvalue weighted by atomic mass is 16.6. The average Bonchev–Trinajstić information content (AvgIpc) is 2.65. The second kappa shape index (κ2) is 21.7. The van der Waals surface area contributed by atoms with E-state index < -0.39 is 6.23 Å². The molecule has 1 unspecified atom stereocenters. The number of unbranched alkanes of at least 4 members (excludes halogenated alkanes) is 15. The van der Waals surface area contributed by atoms with Gasteiger partial charge >= 0.3 is 5.97 Å². The molecule has 27 heavy (non-hydrogen) atoms. The van der Waals surface area contributed by atoms with Gasteiger partial charge in [0.1, 0.15) is 0 Å². The van der Waals surface area contributed by atoms with Crippen LogP contribution in [0, 0.1) is 0 Å². The molecule has 4 heteroatoms. The number of ether oxygens (including phenoxy) is 1. The normalized spacial score (nSPS) is 12.3.